The number of ether oxygens (including phenoxy) is 1. The number of aromatic nitrogens is 2. The lowest BCUT2D eigenvalue weighted by molar-refractivity contribution is -0.0631. The van der Waals surface area contributed by atoms with Gasteiger partial charge in [-0.25, -0.2) is 9.32 Å². The zero-order valence-corrected chi connectivity index (χ0v) is 17.8. The van der Waals surface area contributed by atoms with Crippen molar-refractivity contribution < 1.29 is 13.8 Å². The van der Waals surface area contributed by atoms with Crippen molar-refractivity contribution in [2.75, 3.05) is 6.61 Å². The maximum Gasteiger partial charge on any atom is 0.573 e. The van der Waals surface area contributed by atoms with Crippen molar-refractivity contribution in [2.45, 2.75) is 32.6 Å². The van der Waals surface area contributed by atoms with Crippen molar-refractivity contribution in [2.24, 2.45) is 0 Å². The monoisotopic (exact) mass is 433 g/mol. The number of aromatic amines is 1. The molecule has 152 valence electrons. The molecule has 7 nitrogen and oxygen atoms in total. The molecule has 29 heavy (non-hydrogen) atoms. The zero-order valence-electron chi connectivity index (χ0n) is 16.1. The SMILES string of the molecule is CC[C@@H](CO[P+](=S)Oc1cccc2ccccc12)O[C@H](C)n1ccc(=O)[nH]c1=O. The Bertz CT molecular complexity index is 1110. The molecule has 0 bridgehead atoms. The van der Waals surface area contributed by atoms with Gasteiger partial charge in [-0.3, -0.25) is 14.3 Å². The highest BCUT2D eigenvalue weighted by Crippen LogP contribution is 2.34. The third-order valence-corrected chi connectivity index (χ3v) is 5.62. The standard InChI is InChI=1S/C20H21N2O5PS/c1-3-16(26-14(2)22-12-11-19(23)21-20(22)24)13-25-28(29)27-18-10-6-8-15-7-4-5-9-17(15)18/h4-12,14,16H,3,13H2,1-2H3/p+1/t14-,16+/m1/s1. The van der Waals surface area contributed by atoms with Gasteiger partial charge in [0.05, 0.1) is 6.10 Å². The van der Waals surface area contributed by atoms with E-state index < -0.39 is 24.6 Å². The molecule has 0 aliphatic rings. The van der Waals surface area contributed by atoms with Crippen molar-refractivity contribution in [1.82, 2.24) is 9.55 Å². The van der Waals surface area contributed by atoms with Crippen molar-refractivity contribution in [3.05, 3.63) is 75.6 Å². The van der Waals surface area contributed by atoms with Crippen molar-refractivity contribution in [3.63, 3.8) is 0 Å². The minimum absolute atomic E-state index is 0.235. The van der Waals surface area contributed by atoms with Crippen LogP contribution in [0.5, 0.6) is 5.75 Å². The molecule has 0 fully saturated rings. The normalized spacial score (nSPS) is 13.8. The van der Waals surface area contributed by atoms with E-state index in [0.717, 1.165) is 10.8 Å². The molecule has 9 heteroatoms. The molecule has 0 saturated heterocycles. The number of benzene rings is 2. The van der Waals surface area contributed by atoms with Crippen molar-refractivity contribution in [1.29, 1.82) is 0 Å². The summed E-state index contributed by atoms with van der Waals surface area (Å²) in [5, 5.41) is 2.05. The number of fused-ring (bicyclic) bond motifs is 1. The van der Waals surface area contributed by atoms with Gasteiger partial charge in [0.25, 0.3) is 5.56 Å². The van der Waals surface area contributed by atoms with Crippen LogP contribution in [0.2, 0.25) is 0 Å². The lowest BCUT2D eigenvalue weighted by Crippen LogP contribution is -2.33. The maximum atomic E-state index is 11.9. The largest absolute Gasteiger partial charge is 0.573 e. The predicted octanol–water partition coefficient (Wildman–Crippen LogP) is 3.87. The highest BCUT2D eigenvalue weighted by Gasteiger charge is 2.22. The Morgan fingerprint density at radius 1 is 1.14 bits per heavy atom. The summed E-state index contributed by atoms with van der Waals surface area (Å²) in [5.74, 6) is 0.686. The molecule has 0 radical (unpaired) electrons. The molecule has 0 aliphatic heterocycles. The molecule has 3 rings (SSSR count). The molecule has 1 heterocycles. The second-order valence-electron chi connectivity index (χ2n) is 6.37. The Morgan fingerprint density at radius 2 is 1.90 bits per heavy atom. The highest BCUT2D eigenvalue weighted by atomic mass is 32.4. The molecular weight excluding hydrogens is 411 g/mol. The Morgan fingerprint density at radius 3 is 2.66 bits per heavy atom. The zero-order chi connectivity index (χ0) is 20.8. The van der Waals surface area contributed by atoms with E-state index in [1.54, 1.807) is 6.92 Å². The van der Waals surface area contributed by atoms with Crippen LogP contribution in [-0.2, 0) is 21.1 Å². The average Bonchev–Trinajstić information content (AvgIpc) is 2.71. The highest BCUT2D eigenvalue weighted by molar-refractivity contribution is 8.00. The summed E-state index contributed by atoms with van der Waals surface area (Å²) < 4.78 is 18.8. The van der Waals surface area contributed by atoms with E-state index in [0.29, 0.717) is 12.2 Å². The fraction of sp³-hybridized carbons (Fsp3) is 0.300. The summed E-state index contributed by atoms with van der Waals surface area (Å²) in [6.45, 7) is 3.91. The van der Waals surface area contributed by atoms with E-state index in [4.69, 9.17) is 25.6 Å². The topological polar surface area (TPSA) is 82.6 Å². The van der Waals surface area contributed by atoms with Crippen molar-refractivity contribution >= 4 is 29.7 Å². The Labute approximate surface area is 173 Å². The molecule has 0 saturated carbocycles. The van der Waals surface area contributed by atoms with E-state index in [1.807, 2.05) is 49.4 Å². The molecular formula is C20H22N2O5PS+. The Hall–Kier alpha value is -2.38. The first-order valence-corrected chi connectivity index (χ1v) is 11.4. The first kappa shape index (κ1) is 21.3. The number of nitrogens with one attached hydrogen (secondary N) is 1. The van der Waals surface area contributed by atoms with Gasteiger partial charge >= 0.3 is 12.8 Å². The third kappa shape index (κ3) is 5.58. The fourth-order valence-electron chi connectivity index (χ4n) is 2.84. The van der Waals surface area contributed by atoms with Crippen LogP contribution in [0.3, 0.4) is 0 Å². The molecule has 1 aromatic heterocycles. The van der Waals surface area contributed by atoms with E-state index >= 15 is 0 Å². The molecule has 0 spiro atoms. The first-order valence-electron chi connectivity index (χ1n) is 9.20. The minimum atomic E-state index is -1.57. The van der Waals surface area contributed by atoms with Gasteiger partial charge in [-0.1, -0.05) is 43.3 Å². The smallest absolute Gasteiger partial charge is 0.352 e. The second kappa shape index (κ2) is 9.89. The first-order chi connectivity index (χ1) is 14.0. The van der Waals surface area contributed by atoms with Crippen LogP contribution in [0, 0.1) is 0 Å². The molecule has 3 aromatic rings. The van der Waals surface area contributed by atoms with Crippen LogP contribution in [0.25, 0.3) is 10.8 Å². The van der Waals surface area contributed by atoms with Crippen LogP contribution in [0.4, 0.5) is 0 Å². The van der Waals surface area contributed by atoms with Crippen LogP contribution < -0.4 is 15.8 Å². The maximum absolute atomic E-state index is 11.9. The quantitative estimate of drug-likeness (QED) is 0.516. The summed E-state index contributed by atoms with van der Waals surface area (Å²) in [7, 11) is -1.57. The van der Waals surface area contributed by atoms with E-state index in [9.17, 15) is 9.59 Å². The van der Waals surface area contributed by atoms with Crippen LogP contribution in [0.15, 0.2) is 64.3 Å². The second-order valence-corrected chi connectivity index (χ2v) is 8.15. The van der Waals surface area contributed by atoms with E-state index in [-0.39, 0.29) is 12.7 Å². The lowest BCUT2D eigenvalue weighted by Gasteiger charge is -2.21. The van der Waals surface area contributed by atoms with Gasteiger partial charge in [-0.2, -0.15) is 0 Å². The van der Waals surface area contributed by atoms with Crippen LogP contribution in [-0.4, -0.2) is 22.3 Å². The molecule has 1 N–H and O–H groups in total. The number of rotatable bonds is 9. The summed E-state index contributed by atoms with van der Waals surface area (Å²) >= 11 is 5.36. The van der Waals surface area contributed by atoms with Gasteiger partial charge < -0.3 is 4.74 Å². The third-order valence-electron chi connectivity index (χ3n) is 4.38. The average molecular weight is 433 g/mol. The number of hydrogen-bond donors (Lipinski definition) is 1. The molecule has 2 aromatic carbocycles. The van der Waals surface area contributed by atoms with Gasteiger partial charge in [-0.15, -0.1) is 4.52 Å². The molecule has 3 atom stereocenters. The molecule has 1 unspecified atom stereocenters. The van der Waals surface area contributed by atoms with E-state index in [2.05, 4.69) is 4.98 Å². The van der Waals surface area contributed by atoms with Crippen molar-refractivity contribution in [3.8, 4) is 5.75 Å². The fourth-order valence-corrected chi connectivity index (χ4v) is 3.92. The Balaban J connectivity index is 1.59. The van der Waals surface area contributed by atoms with Crippen LogP contribution in [0.1, 0.15) is 26.5 Å². The van der Waals surface area contributed by atoms with Gasteiger partial charge in [-0.05, 0) is 24.8 Å². The molecule has 0 aliphatic carbocycles. The van der Waals surface area contributed by atoms with Gasteiger partial charge in [0.2, 0.25) is 11.8 Å². The number of nitrogens with zero attached hydrogens (tertiary/aromatic N) is 1. The lowest BCUT2D eigenvalue weighted by atomic mass is 10.1. The summed E-state index contributed by atoms with van der Waals surface area (Å²) in [6, 6.07) is 15.0. The predicted molar refractivity (Wildman–Crippen MR) is 116 cm³/mol. The van der Waals surface area contributed by atoms with E-state index in [1.165, 1.54) is 16.8 Å². The molecule has 0 amide bonds. The van der Waals surface area contributed by atoms with Gasteiger partial charge in [0.1, 0.15) is 12.8 Å². The van der Waals surface area contributed by atoms with Gasteiger partial charge in [0.15, 0.2) is 5.75 Å². The Kier molecular flexibility index (Phi) is 7.28. The summed E-state index contributed by atoms with van der Waals surface area (Å²) in [4.78, 5) is 25.3. The summed E-state index contributed by atoms with van der Waals surface area (Å²) in [6.07, 6.45) is 1.22. The number of H-pyrrole nitrogens is 1. The number of hydrogen-bond acceptors (Lipinski definition) is 6. The minimum Gasteiger partial charge on any atom is -0.352 e. The van der Waals surface area contributed by atoms with Gasteiger partial charge in [0, 0.05) is 17.6 Å². The van der Waals surface area contributed by atoms with Crippen LogP contribution >= 0.6 is 7.15 Å². The summed E-state index contributed by atoms with van der Waals surface area (Å²) in [5.41, 5.74) is -0.971.